The molecule has 6 nitrogen and oxygen atoms in total. The summed E-state index contributed by atoms with van der Waals surface area (Å²) in [5.41, 5.74) is 6.24. The van der Waals surface area contributed by atoms with E-state index in [1.807, 2.05) is 12.1 Å². The van der Waals surface area contributed by atoms with Gasteiger partial charge in [-0.05, 0) is 43.2 Å². The molecule has 0 bridgehead atoms. The van der Waals surface area contributed by atoms with Gasteiger partial charge in [0.15, 0.2) is 11.9 Å². The van der Waals surface area contributed by atoms with Gasteiger partial charge in [0.2, 0.25) is 5.91 Å². The van der Waals surface area contributed by atoms with Crippen molar-refractivity contribution in [1.82, 2.24) is 10.9 Å². The third-order valence-electron chi connectivity index (χ3n) is 4.21. The van der Waals surface area contributed by atoms with Crippen LogP contribution in [0, 0.1) is 5.82 Å². The zero-order chi connectivity index (χ0) is 21.2. The van der Waals surface area contributed by atoms with Crippen LogP contribution in [0.3, 0.4) is 0 Å². The quantitative estimate of drug-likeness (QED) is 0.499. The zero-order valence-electron chi connectivity index (χ0n) is 16.5. The molecule has 154 valence electrons. The van der Waals surface area contributed by atoms with Crippen LogP contribution >= 0.6 is 0 Å². The summed E-state index contributed by atoms with van der Waals surface area (Å²) in [7, 11) is 0. The van der Waals surface area contributed by atoms with Gasteiger partial charge in [-0.25, -0.2) is 4.39 Å². The fourth-order valence-corrected chi connectivity index (χ4v) is 2.58. The van der Waals surface area contributed by atoms with E-state index in [1.165, 1.54) is 36.8 Å². The number of rotatable bonds is 9. The van der Waals surface area contributed by atoms with E-state index in [9.17, 15) is 18.8 Å². The Hall–Kier alpha value is -3.22. The second kappa shape index (κ2) is 10.9. The average Bonchev–Trinajstić information content (AvgIpc) is 2.72. The van der Waals surface area contributed by atoms with Gasteiger partial charge in [0.1, 0.15) is 11.6 Å². The third kappa shape index (κ3) is 7.37. The van der Waals surface area contributed by atoms with Crippen molar-refractivity contribution < 1.29 is 23.5 Å². The Labute approximate surface area is 169 Å². The van der Waals surface area contributed by atoms with Crippen LogP contribution in [0.1, 0.15) is 49.0 Å². The van der Waals surface area contributed by atoms with Gasteiger partial charge in [-0.2, -0.15) is 0 Å². The van der Waals surface area contributed by atoms with Crippen LogP contribution in [0.15, 0.2) is 48.5 Å². The SMILES string of the molecule is CCCc1ccc(C(=O)CCC(=O)NNC(=O)[C@H](C)Oc2ccc(F)cc2)cc1. The second-order valence-corrected chi connectivity index (χ2v) is 6.62. The lowest BCUT2D eigenvalue weighted by Gasteiger charge is -2.15. The summed E-state index contributed by atoms with van der Waals surface area (Å²) < 4.78 is 18.2. The molecular weight excluding hydrogens is 375 g/mol. The van der Waals surface area contributed by atoms with Crippen LogP contribution < -0.4 is 15.6 Å². The number of Topliss-reactive ketones (excluding diaryl/α,β-unsaturated/α-hetero) is 1. The summed E-state index contributed by atoms with van der Waals surface area (Å²) in [4.78, 5) is 36.0. The number of hydrogen-bond donors (Lipinski definition) is 2. The molecule has 0 heterocycles. The summed E-state index contributed by atoms with van der Waals surface area (Å²) in [6.45, 7) is 3.59. The number of carbonyl (C=O) groups excluding carboxylic acids is 3. The van der Waals surface area contributed by atoms with Crippen LogP contribution in [0.25, 0.3) is 0 Å². The number of ether oxygens (including phenoxy) is 1. The molecule has 0 aliphatic heterocycles. The topological polar surface area (TPSA) is 84.5 Å². The summed E-state index contributed by atoms with van der Waals surface area (Å²) in [6, 6.07) is 12.6. The number of aryl methyl sites for hydroxylation is 1. The fourth-order valence-electron chi connectivity index (χ4n) is 2.58. The molecule has 0 unspecified atom stereocenters. The van der Waals surface area contributed by atoms with Gasteiger partial charge in [0.25, 0.3) is 5.91 Å². The monoisotopic (exact) mass is 400 g/mol. The Balaban J connectivity index is 1.72. The first-order valence-corrected chi connectivity index (χ1v) is 9.52. The van der Waals surface area contributed by atoms with Gasteiger partial charge in [0.05, 0.1) is 0 Å². The van der Waals surface area contributed by atoms with E-state index in [1.54, 1.807) is 12.1 Å². The number of halogens is 1. The molecule has 0 aliphatic rings. The Morgan fingerprint density at radius 2 is 1.62 bits per heavy atom. The first kappa shape index (κ1) is 22.1. The van der Waals surface area contributed by atoms with E-state index in [2.05, 4.69) is 17.8 Å². The summed E-state index contributed by atoms with van der Waals surface area (Å²) in [5.74, 6) is -1.27. The van der Waals surface area contributed by atoms with E-state index < -0.39 is 23.7 Å². The van der Waals surface area contributed by atoms with Crippen molar-refractivity contribution in [2.45, 2.75) is 45.6 Å². The molecule has 29 heavy (non-hydrogen) atoms. The lowest BCUT2D eigenvalue weighted by molar-refractivity contribution is -0.132. The molecule has 2 aromatic carbocycles. The highest BCUT2D eigenvalue weighted by Gasteiger charge is 2.16. The van der Waals surface area contributed by atoms with Gasteiger partial charge in [-0.1, -0.05) is 37.6 Å². The van der Waals surface area contributed by atoms with Gasteiger partial charge in [0, 0.05) is 18.4 Å². The fraction of sp³-hybridized carbons (Fsp3) is 0.318. The molecule has 0 saturated carbocycles. The molecule has 0 spiro atoms. The maximum atomic E-state index is 12.9. The first-order chi connectivity index (χ1) is 13.9. The van der Waals surface area contributed by atoms with Gasteiger partial charge >= 0.3 is 0 Å². The molecule has 0 radical (unpaired) electrons. The van der Waals surface area contributed by atoms with E-state index in [0.717, 1.165) is 12.8 Å². The molecule has 2 aromatic rings. The van der Waals surface area contributed by atoms with E-state index in [4.69, 9.17) is 4.74 Å². The van der Waals surface area contributed by atoms with Crippen LogP contribution in [0.2, 0.25) is 0 Å². The molecule has 2 rings (SSSR count). The van der Waals surface area contributed by atoms with Crippen molar-refractivity contribution in [3.63, 3.8) is 0 Å². The molecule has 2 N–H and O–H groups in total. The van der Waals surface area contributed by atoms with E-state index in [-0.39, 0.29) is 18.6 Å². The van der Waals surface area contributed by atoms with Crippen molar-refractivity contribution in [3.05, 3.63) is 65.5 Å². The standard InChI is InChI=1S/C22H25FN2O4/c1-3-4-16-5-7-17(8-6-16)20(26)13-14-21(27)24-25-22(28)15(2)29-19-11-9-18(23)10-12-19/h5-12,15H,3-4,13-14H2,1-2H3,(H,24,27)(H,25,28)/t15-/m0/s1. The Bertz CT molecular complexity index is 835. The van der Waals surface area contributed by atoms with Gasteiger partial charge < -0.3 is 4.74 Å². The minimum atomic E-state index is -0.899. The Morgan fingerprint density at radius 1 is 0.966 bits per heavy atom. The predicted molar refractivity (Wildman–Crippen MR) is 107 cm³/mol. The maximum absolute atomic E-state index is 12.9. The second-order valence-electron chi connectivity index (χ2n) is 6.62. The number of carbonyl (C=O) groups is 3. The van der Waals surface area contributed by atoms with Crippen molar-refractivity contribution in [2.24, 2.45) is 0 Å². The van der Waals surface area contributed by atoms with Crippen molar-refractivity contribution in [1.29, 1.82) is 0 Å². The molecule has 2 amide bonds. The smallest absolute Gasteiger partial charge is 0.279 e. The highest BCUT2D eigenvalue weighted by atomic mass is 19.1. The van der Waals surface area contributed by atoms with Crippen molar-refractivity contribution in [3.8, 4) is 5.75 Å². The summed E-state index contributed by atoms with van der Waals surface area (Å²) in [5, 5.41) is 0. The minimum absolute atomic E-state index is 0.0382. The molecular formula is C22H25FN2O4. The molecule has 0 saturated heterocycles. The molecule has 1 atom stereocenters. The lowest BCUT2D eigenvalue weighted by atomic mass is 10.0. The number of hydrazine groups is 1. The number of benzene rings is 2. The molecule has 7 heteroatoms. The first-order valence-electron chi connectivity index (χ1n) is 9.52. The molecule has 0 fully saturated rings. The summed E-state index contributed by atoms with van der Waals surface area (Å²) >= 11 is 0. The van der Waals surface area contributed by atoms with Crippen LogP contribution in [-0.2, 0) is 16.0 Å². The zero-order valence-corrected chi connectivity index (χ0v) is 16.5. The third-order valence-corrected chi connectivity index (χ3v) is 4.21. The lowest BCUT2D eigenvalue weighted by Crippen LogP contribution is -2.47. The summed E-state index contributed by atoms with van der Waals surface area (Å²) in [6.07, 6.45) is 1.08. The number of hydrogen-bond acceptors (Lipinski definition) is 4. The predicted octanol–water partition coefficient (Wildman–Crippen LogP) is 3.36. The van der Waals surface area contributed by atoms with Gasteiger partial charge in [-0.3, -0.25) is 25.2 Å². The van der Waals surface area contributed by atoms with Crippen LogP contribution in [0.5, 0.6) is 5.75 Å². The van der Waals surface area contributed by atoms with Crippen LogP contribution in [0.4, 0.5) is 4.39 Å². The van der Waals surface area contributed by atoms with Crippen LogP contribution in [-0.4, -0.2) is 23.7 Å². The van der Waals surface area contributed by atoms with Crippen molar-refractivity contribution in [2.75, 3.05) is 0 Å². The minimum Gasteiger partial charge on any atom is -0.481 e. The Morgan fingerprint density at radius 3 is 2.24 bits per heavy atom. The largest absolute Gasteiger partial charge is 0.481 e. The van der Waals surface area contributed by atoms with Gasteiger partial charge in [-0.15, -0.1) is 0 Å². The highest BCUT2D eigenvalue weighted by Crippen LogP contribution is 2.13. The van der Waals surface area contributed by atoms with E-state index in [0.29, 0.717) is 11.3 Å². The number of nitrogens with one attached hydrogen (secondary N) is 2. The highest BCUT2D eigenvalue weighted by molar-refractivity contribution is 5.98. The molecule has 0 aromatic heterocycles. The molecule has 0 aliphatic carbocycles. The van der Waals surface area contributed by atoms with Crippen molar-refractivity contribution >= 4 is 17.6 Å². The maximum Gasteiger partial charge on any atom is 0.279 e. The normalized spacial score (nSPS) is 11.4. The number of ketones is 1. The number of amides is 2. The Kier molecular flexibility index (Phi) is 8.33. The van der Waals surface area contributed by atoms with E-state index >= 15 is 0 Å². The average molecular weight is 400 g/mol.